The van der Waals surface area contributed by atoms with Gasteiger partial charge in [0.25, 0.3) is 5.91 Å². The second kappa shape index (κ2) is 8.29. The molecule has 1 N–H and O–H groups in total. The molecule has 0 radical (unpaired) electrons. The summed E-state index contributed by atoms with van der Waals surface area (Å²) >= 11 is 0. The van der Waals surface area contributed by atoms with Crippen molar-refractivity contribution in [3.63, 3.8) is 0 Å². The van der Waals surface area contributed by atoms with Crippen molar-refractivity contribution >= 4 is 15.9 Å². The maximum Gasteiger partial charge on any atom is 0.253 e. The standard InChI is InChI=1S/C18H29N3O3S/c1-14(2)20(4)25(23,24)17-9-5-8-16(11-17)18(22)21-10-6-7-15(13-21)12-19-3/h5,8-9,11,14-15,19H,6-7,10,12-13H2,1-4H3. The van der Waals surface area contributed by atoms with E-state index in [1.165, 1.54) is 10.4 Å². The molecule has 0 bridgehead atoms. The van der Waals surface area contributed by atoms with Gasteiger partial charge in [-0.25, -0.2) is 8.42 Å². The largest absolute Gasteiger partial charge is 0.338 e. The number of hydrogen-bond acceptors (Lipinski definition) is 4. The summed E-state index contributed by atoms with van der Waals surface area (Å²) in [7, 11) is -0.118. The minimum absolute atomic E-state index is 0.0925. The van der Waals surface area contributed by atoms with Crippen LogP contribution in [-0.2, 0) is 10.0 Å². The van der Waals surface area contributed by atoms with Gasteiger partial charge in [0.1, 0.15) is 0 Å². The minimum atomic E-state index is -3.59. The van der Waals surface area contributed by atoms with Crippen LogP contribution in [0, 0.1) is 5.92 Å². The Kier molecular flexibility index (Phi) is 6.59. The third-order valence-electron chi connectivity index (χ3n) is 4.78. The van der Waals surface area contributed by atoms with E-state index in [2.05, 4.69) is 5.32 Å². The Morgan fingerprint density at radius 3 is 2.76 bits per heavy atom. The van der Waals surface area contributed by atoms with Gasteiger partial charge in [0.05, 0.1) is 4.90 Å². The highest BCUT2D eigenvalue weighted by molar-refractivity contribution is 7.89. The van der Waals surface area contributed by atoms with Crippen molar-refractivity contribution in [1.82, 2.24) is 14.5 Å². The number of rotatable bonds is 6. The molecule has 1 unspecified atom stereocenters. The first-order valence-corrected chi connectivity index (χ1v) is 10.2. The highest BCUT2D eigenvalue weighted by Gasteiger charge is 2.27. The van der Waals surface area contributed by atoms with Crippen molar-refractivity contribution in [3.05, 3.63) is 29.8 Å². The van der Waals surface area contributed by atoms with Gasteiger partial charge in [-0.1, -0.05) is 6.07 Å². The summed E-state index contributed by atoms with van der Waals surface area (Å²) in [4.78, 5) is 14.8. The third-order valence-corrected chi connectivity index (χ3v) is 6.81. The van der Waals surface area contributed by atoms with Gasteiger partial charge in [0.2, 0.25) is 10.0 Å². The zero-order valence-corrected chi connectivity index (χ0v) is 16.3. The van der Waals surface area contributed by atoms with Crippen LogP contribution in [0.4, 0.5) is 0 Å². The Labute approximate surface area is 151 Å². The number of amides is 1. The van der Waals surface area contributed by atoms with Gasteiger partial charge in [0, 0.05) is 31.7 Å². The van der Waals surface area contributed by atoms with Crippen molar-refractivity contribution < 1.29 is 13.2 Å². The molecule has 1 amide bonds. The predicted octanol–water partition coefficient (Wildman–Crippen LogP) is 1.79. The van der Waals surface area contributed by atoms with Gasteiger partial charge >= 0.3 is 0 Å². The molecule has 25 heavy (non-hydrogen) atoms. The van der Waals surface area contributed by atoms with Crippen LogP contribution in [0.15, 0.2) is 29.2 Å². The van der Waals surface area contributed by atoms with E-state index in [4.69, 9.17) is 0 Å². The zero-order valence-electron chi connectivity index (χ0n) is 15.5. The van der Waals surface area contributed by atoms with E-state index < -0.39 is 10.0 Å². The molecule has 1 aliphatic rings. The van der Waals surface area contributed by atoms with E-state index in [1.807, 2.05) is 25.8 Å². The molecule has 1 atom stereocenters. The molecular formula is C18H29N3O3S. The van der Waals surface area contributed by atoms with Crippen LogP contribution in [0.25, 0.3) is 0 Å². The molecule has 140 valence electrons. The van der Waals surface area contributed by atoms with Crippen LogP contribution < -0.4 is 5.32 Å². The van der Waals surface area contributed by atoms with Crippen LogP contribution in [-0.4, -0.2) is 63.3 Å². The first kappa shape index (κ1) is 19.9. The number of piperidine rings is 1. The number of hydrogen-bond donors (Lipinski definition) is 1. The van der Waals surface area contributed by atoms with Gasteiger partial charge in [-0.2, -0.15) is 4.31 Å². The van der Waals surface area contributed by atoms with Crippen LogP contribution in [0.5, 0.6) is 0 Å². The molecule has 1 saturated heterocycles. The van der Waals surface area contributed by atoms with Crippen molar-refractivity contribution in [2.45, 2.75) is 37.6 Å². The van der Waals surface area contributed by atoms with Gasteiger partial charge in [0.15, 0.2) is 0 Å². The first-order valence-electron chi connectivity index (χ1n) is 8.79. The summed E-state index contributed by atoms with van der Waals surface area (Å²) in [6.45, 7) is 5.96. The van der Waals surface area contributed by atoms with Gasteiger partial charge in [-0.3, -0.25) is 4.79 Å². The Morgan fingerprint density at radius 1 is 1.40 bits per heavy atom. The zero-order chi connectivity index (χ0) is 18.6. The fourth-order valence-corrected chi connectivity index (χ4v) is 4.53. The third kappa shape index (κ3) is 4.59. The second-order valence-corrected chi connectivity index (χ2v) is 8.96. The normalized spacial score (nSPS) is 18.8. The van der Waals surface area contributed by atoms with Crippen LogP contribution in [0.3, 0.4) is 0 Å². The van der Waals surface area contributed by atoms with E-state index >= 15 is 0 Å². The SMILES string of the molecule is CNCC1CCCN(C(=O)c2cccc(S(=O)(=O)N(C)C(C)C)c2)C1. The Morgan fingerprint density at radius 2 is 2.12 bits per heavy atom. The fraction of sp³-hybridized carbons (Fsp3) is 0.611. The van der Waals surface area contributed by atoms with Crippen LogP contribution >= 0.6 is 0 Å². The summed E-state index contributed by atoms with van der Waals surface area (Å²) in [5.74, 6) is 0.353. The quantitative estimate of drug-likeness (QED) is 0.832. The molecule has 1 heterocycles. The van der Waals surface area contributed by atoms with Crippen molar-refractivity contribution in [2.75, 3.05) is 33.7 Å². The summed E-state index contributed by atoms with van der Waals surface area (Å²) in [5, 5.41) is 3.17. The Balaban J connectivity index is 2.22. The highest BCUT2D eigenvalue weighted by atomic mass is 32.2. The Bertz CT molecular complexity index is 701. The van der Waals surface area contributed by atoms with Crippen molar-refractivity contribution in [2.24, 2.45) is 5.92 Å². The molecule has 2 rings (SSSR count). The molecule has 0 saturated carbocycles. The summed E-state index contributed by atoms with van der Waals surface area (Å²) in [6, 6.07) is 6.24. The van der Waals surface area contributed by atoms with E-state index in [0.29, 0.717) is 18.0 Å². The molecule has 6 nitrogen and oxygen atoms in total. The highest BCUT2D eigenvalue weighted by Crippen LogP contribution is 2.21. The maximum absolute atomic E-state index is 12.8. The number of likely N-dealkylation sites (tertiary alicyclic amines) is 1. The topological polar surface area (TPSA) is 69.7 Å². The molecule has 7 heteroatoms. The molecule has 1 fully saturated rings. The van der Waals surface area contributed by atoms with Crippen molar-refractivity contribution in [1.29, 1.82) is 0 Å². The summed E-state index contributed by atoms with van der Waals surface area (Å²) in [5.41, 5.74) is 0.434. The predicted molar refractivity (Wildman–Crippen MR) is 99.1 cm³/mol. The molecule has 1 aliphatic heterocycles. The lowest BCUT2D eigenvalue weighted by atomic mass is 9.97. The number of carbonyl (C=O) groups is 1. The number of nitrogens with zero attached hydrogens (tertiary/aromatic N) is 2. The van der Waals surface area contributed by atoms with Crippen molar-refractivity contribution in [3.8, 4) is 0 Å². The summed E-state index contributed by atoms with van der Waals surface area (Å²) in [6.07, 6.45) is 2.09. The van der Waals surface area contributed by atoms with E-state index in [9.17, 15) is 13.2 Å². The molecule has 0 aliphatic carbocycles. The van der Waals surface area contributed by atoms with Gasteiger partial charge in [-0.15, -0.1) is 0 Å². The lowest BCUT2D eigenvalue weighted by molar-refractivity contribution is 0.0674. The molecular weight excluding hydrogens is 338 g/mol. The monoisotopic (exact) mass is 367 g/mol. The van der Waals surface area contributed by atoms with E-state index in [-0.39, 0.29) is 16.8 Å². The second-order valence-electron chi connectivity index (χ2n) is 6.96. The van der Waals surface area contributed by atoms with E-state index in [0.717, 1.165) is 25.9 Å². The minimum Gasteiger partial charge on any atom is -0.338 e. The fourth-order valence-electron chi connectivity index (χ4n) is 3.12. The van der Waals surface area contributed by atoms with Gasteiger partial charge in [-0.05, 0) is 64.4 Å². The van der Waals surface area contributed by atoms with Crippen LogP contribution in [0.1, 0.15) is 37.0 Å². The number of nitrogens with one attached hydrogen (secondary N) is 1. The van der Waals surface area contributed by atoms with Gasteiger partial charge < -0.3 is 10.2 Å². The average Bonchev–Trinajstić information content (AvgIpc) is 2.61. The maximum atomic E-state index is 12.8. The number of carbonyl (C=O) groups excluding carboxylic acids is 1. The Hall–Kier alpha value is -1.44. The number of benzene rings is 1. The first-order chi connectivity index (χ1) is 11.8. The average molecular weight is 368 g/mol. The van der Waals surface area contributed by atoms with E-state index in [1.54, 1.807) is 25.2 Å². The lowest BCUT2D eigenvalue weighted by Gasteiger charge is -2.33. The number of sulfonamides is 1. The molecule has 1 aromatic rings. The lowest BCUT2D eigenvalue weighted by Crippen LogP contribution is -2.42. The summed E-state index contributed by atoms with van der Waals surface area (Å²) < 4.78 is 26.6. The molecule has 0 spiro atoms. The van der Waals surface area contributed by atoms with Crippen LogP contribution in [0.2, 0.25) is 0 Å². The molecule has 0 aromatic heterocycles. The molecule has 1 aromatic carbocycles. The smallest absolute Gasteiger partial charge is 0.253 e.